The lowest BCUT2D eigenvalue weighted by atomic mass is 9.81. The molecule has 0 bridgehead atoms. The van der Waals surface area contributed by atoms with E-state index >= 15 is 0 Å². The fraction of sp³-hybridized carbons (Fsp3) is 0.370. The van der Waals surface area contributed by atoms with E-state index in [1.807, 2.05) is 12.1 Å². The van der Waals surface area contributed by atoms with Crippen LogP contribution < -0.4 is 20.1 Å². The van der Waals surface area contributed by atoms with Crippen LogP contribution in [0.4, 0.5) is 5.69 Å². The van der Waals surface area contributed by atoms with E-state index < -0.39 is 0 Å². The number of rotatable bonds is 8. The van der Waals surface area contributed by atoms with Gasteiger partial charge in [-0.25, -0.2) is 9.67 Å². The molecule has 1 saturated carbocycles. The molecule has 1 aliphatic carbocycles. The molecule has 1 fully saturated rings. The lowest BCUT2D eigenvalue weighted by molar-refractivity contribution is -0.150. The third kappa shape index (κ3) is 5.61. The number of ether oxygens (including phenoxy) is 3. The number of esters is 1. The second-order valence-electron chi connectivity index (χ2n) is 9.23. The lowest BCUT2D eigenvalue weighted by Crippen LogP contribution is -2.31. The highest BCUT2D eigenvalue weighted by Gasteiger charge is 2.31. The Bertz CT molecular complexity index is 1320. The molecule has 2 aliphatic rings. The molecule has 2 aromatic carbocycles. The molecular weight excluding hydrogens is 490 g/mol. The summed E-state index contributed by atoms with van der Waals surface area (Å²) in [6, 6.07) is 10.6. The molecule has 0 atom stereocenters. The Morgan fingerprint density at radius 2 is 1.82 bits per heavy atom. The molecule has 2 N–H and O–H groups in total. The molecule has 0 radical (unpaired) electrons. The molecule has 0 spiro atoms. The molecule has 1 aliphatic heterocycles. The summed E-state index contributed by atoms with van der Waals surface area (Å²) in [5.74, 6) is 0.157. The summed E-state index contributed by atoms with van der Waals surface area (Å²) in [4.78, 5) is 42.5. The van der Waals surface area contributed by atoms with Gasteiger partial charge in [0, 0.05) is 12.5 Å². The van der Waals surface area contributed by atoms with Gasteiger partial charge in [-0.15, -0.1) is 0 Å². The summed E-state index contributed by atoms with van der Waals surface area (Å²) in [6.45, 7) is 2.57. The summed E-state index contributed by atoms with van der Waals surface area (Å²) in [6.07, 6.45) is 5.30. The summed E-state index contributed by atoms with van der Waals surface area (Å²) in [5, 5.41) is 9.99. The number of carbonyl (C=O) groups excluding carboxylic acids is 3. The largest absolute Gasteiger partial charge is 0.466 e. The van der Waals surface area contributed by atoms with Gasteiger partial charge >= 0.3 is 5.97 Å². The molecule has 2 heterocycles. The highest BCUT2D eigenvalue weighted by Crippen LogP contribution is 2.33. The Morgan fingerprint density at radius 3 is 2.58 bits per heavy atom. The van der Waals surface area contributed by atoms with Gasteiger partial charge in [0.2, 0.25) is 12.7 Å². The van der Waals surface area contributed by atoms with E-state index in [1.165, 1.54) is 17.3 Å². The molecule has 5 rings (SSSR count). The zero-order chi connectivity index (χ0) is 26.5. The SMILES string of the molecule is CCOC(=O)[C@H]1CC[C@H](C(=O)Nc2ccc(-n3cncn3)cc2C(=O)NCc2ccc3c(c2)OCO3)CC1. The van der Waals surface area contributed by atoms with Crippen molar-refractivity contribution >= 4 is 23.5 Å². The zero-order valence-corrected chi connectivity index (χ0v) is 21.0. The number of hydrogen-bond acceptors (Lipinski definition) is 8. The van der Waals surface area contributed by atoms with Gasteiger partial charge < -0.3 is 24.8 Å². The summed E-state index contributed by atoms with van der Waals surface area (Å²) < 4.78 is 17.4. The molecule has 1 aromatic heterocycles. The first kappa shape index (κ1) is 25.2. The van der Waals surface area contributed by atoms with E-state index in [0.717, 1.165) is 5.56 Å². The van der Waals surface area contributed by atoms with Gasteiger partial charge in [-0.1, -0.05) is 6.07 Å². The minimum absolute atomic E-state index is 0.168. The first-order valence-electron chi connectivity index (χ1n) is 12.6. The molecule has 2 amide bonds. The van der Waals surface area contributed by atoms with Crippen LogP contribution in [0.1, 0.15) is 48.5 Å². The van der Waals surface area contributed by atoms with Crippen molar-refractivity contribution in [3.05, 3.63) is 60.2 Å². The van der Waals surface area contributed by atoms with Crippen molar-refractivity contribution in [2.45, 2.75) is 39.2 Å². The molecule has 38 heavy (non-hydrogen) atoms. The number of nitrogens with zero attached hydrogens (tertiary/aromatic N) is 3. The van der Waals surface area contributed by atoms with Crippen molar-refractivity contribution in [2.75, 3.05) is 18.7 Å². The molecule has 0 unspecified atom stereocenters. The maximum absolute atomic E-state index is 13.3. The molecule has 11 nitrogen and oxygen atoms in total. The van der Waals surface area contributed by atoms with Gasteiger partial charge in [-0.3, -0.25) is 14.4 Å². The van der Waals surface area contributed by atoms with Crippen LogP contribution in [-0.2, 0) is 20.9 Å². The topological polar surface area (TPSA) is 134 Å². The second kappa shape index (κ2) is 11.3. The first-order chi connectivity index (χ1) is 18.5. The van der Waals surface area contributed by atoms with Gasteiger partial charge in [0.15, 0.2) is 11.5 Å². The predicted molar refractivity (Wildman–Crippen MR) is 136 cm³/mol. The predicted octanol–water partition coefficient (Wildman–Crippen LogP) is 3.23. The van der Waals surface area contributed by atoms with E-state index in [1.54, 1.807) is 31.2 Å². The van der Waals surface area contributed by atoms with E-state index in [2.05, 4.69) is 20.7 Å². The average molecular weight is 520 g/mol. The molecule has 198 valence electrons. The Hall–Kier alpha value is -4.41. The fourth-order valence-corrected chi connectivity index (χ4v) is 4.73. The molecular formula is C27H29N5O6. The smallest absolute Gasteiger partial charge is 0.308 e. The third-order valence-electron chi connectivity index (χ3n) is 6.80. The van der Waals surface area contributed by atoms with Crippen molar-refractivity contribution in [1.29, 1.82) is 0 Å². The Balaban J connectivity index is 1.29. The van der Waals surface area contributed by atoms with Gasteiger partial charge in [0.1, 0.15) is 12.7 Å². The highest BCUT2D eigenvalue weighted by atomic mass is 16.7. The first-order valence-corrected chi connectivity index (χ1v) is 12.6. The number of amides is 2. The van der Waals surface area contributed by atoms with Gasteiger partial charge in [-0.2, -0.15) is 5.10 Å². The minimum Gasteiger partial charge on any atom is -0.466 e. The standard InChI is InChI=1S/C27H29N5O6/c1-2-36-27(35)19-6-4-18(5-7-19)25(33)31-22-9-8-20(32-15-28-14-30-32)12-21(22)26(34)29-13-17-3-10-23-24(11-17)38-16-37-23/h3,8-12,14-15,18-19H,2,4-7,13,16H2,1H3,(H,29,34)(H,31,33)/t18-,19-. The number of nitrogens with one attached hydrogen (secondary N) is 2. The van der Waals surface area contributed by atoms with Crippen LogP contribution in [0.5, 0.6) is 11.5 Å². The number of anilines is 1. The number of carbonyl (C=O) groups is 3. The second-order valence-corrected chi connectivity index (χ2v) is 9.23. The number of benzene rings is 2. The summed E-state index contributed by atoms with van der Waals surface area (Å²) >= 11 is 0. The van der Waals surface area contributed by atoms with Crippen LogP contribution in [0.15, 0.2) is 49.1 Å². The van der Waals surface area contributed by atoms with Crippen LogP contribution in [0.2, 0.25) is 0 Å². The molecule has 0 saturated heterocycles. The molecule has 3 aromatic rings. The number of fused-ring (bicyclic) bond motifs is 1. The van der Waals surface area contributed by atoms with Crippen LogP contribution >= 0.6 is 0 Å². The van der Waals surface area contributed by atoms with E-state index in [4.69, 9.17) is 14.2 Å². The quantitative estimate of drug-likeness (QED) is 0.434. The van der Waals surface area contributed by atoms with Crippen LogP contribution in [-0.4, -0.2) is 45.9 Å². The van der Waals surface area contributed by atoms with E-state index in [-0.39, 0.29) is 43.0 Å². The van der Waals surface area contributed by atoms with Crippen LogP contribution in [0.3, 0.4) is 0 Å². The minimum atomic E-state index is -0.356. The third-order valence-corrected chi connectivity index (χ3v) is 6.80. The highest BCUT2D eigenvalue weighted by molar-refractivity contribution is 6.04. The van der Waals surface area contributed by atoms with Crippen molar-refractivity contribution in [1.82, 2.24) is 20.1 Å². The maximum atomic E-state index is 13.3. The van der Waals surface area contributed by atoms with E-state index in [9.17, 15) is 14.4 Å². The number of aromatic nitrogens is 3. The Labute approximate surface area is 219 Å². The van der Waals surface area contributed by atoms with Crippen LogP contribution in [0, 0.1) is 11.8 Å². The van der Waals surface area contributed by atoms with Gasteiger partial charge in [-0.05, 0) is 68.5 Å². The number of hydrogen-bond donors (Lipinski definition) is 2. The van der Waals surface area contributed by atoms with Gasteiger partial charge in [0.05, 0.1) is 29.5 Å². The average Bonchev–Trinajstić information content (AvgIpc) is 3.64. The van der Waals surface area contributed by atoms with Crippen molar-refractivity contribution in [3.63, 3.8) is 0 Å². The van der Waals surface area contributed by atoms with Crippen molar-refractivity contribution in [3.8, 4) is 17.2 Å². The summed E-state index contributed by atoms with van der Waals surface area (Å²) in [7, 11) is 0. The van der Waals surface area contributed by atoms with Gasteiger partial charge in [0.25, 0.3) is 5.91 Å². The van der Waals surface area contributed by atoms with E-state index in [0.29, 0.717) is 60.7 Å². The lowest BCUT2D eigenvalue weighted by Gasteiger charge is -2.26. The van der Waals surface area contributed by atoms with Crippen LogP contribution in [0.25, 0.3) is 5.69 Å². The monoisotopic (exact) mass is 519 g/mol. The van der Waals surface area contributed by atoms with Crippen molar-refractivity contribution < 1.29 is 28.6 Å². The maximum Gasteiger partial charge on any atom is 0.308 e. The van der Waals surface area contributed by atoms with Crippen molar-refractivity contribution in [2.24, 2.45) is 11.8 Å². The summed E-state index contributed by atoms with van der Waals surface area (Å²) in [5.41, 5.74) is 2.17. The Kier molecular flexibility index (Phi) is 7.52. The normalized spacial score (nSPS) is 18.0. The zero-order valence-electron chi connectivity index (χ0n) is 21.0. The fourth-order valence-electron chi connectivity index (χ4n) is 4.73. The Morgan fingerprint density at radius 1 is 1.03 bits per heavy atom. The molecule has 11 heteroatoms.